The molecule has 2 rings (SSSR count). The van der Waals surface area contributed by atoms with Crippen LogP contribution in [0.5, 0.6) is 0 Å². The van der Waals surface area contributed by atoms with Crippen molar-refractivity contribution in [2.75, 3.05) is 16.7 Å². The normalized spacial score (nSPS) is 11.0. The fourth-order valence-corrected chi connectivity index (χ4v) is 3.14. The molecule has 2 aromatic carbocycles. The minimum absolute atomic E-state index is 0.00247. The van der Waals surface area contributed by atoms with E-state index < -0.39 is 20.6 Å². The highest BCUT2D eigenvalue weighted by Gasteiger charge is 2.22. The Kier molecular flexibility index (Phi) is 5.07. The highest BCUT2D eigenvalue weighted by molar-refractivity contribution is 7.92. The van der Waals surface area contributed by atoms with Crippen molar-refractivity contribution in [2.45, 2.75) is 18.7 Å². The van der Waals surface area contributed by atoms with Crippen molar-refractivity contribution in [3.8, 4) is 0 Å². The van der Waals surface area contributed by atoms with E-state index in [1.807, 2.05) is 6.92 Å². The van der Waals surface area contributed by atoms with Crippen molar-refractivity contribution >= 4 is 33.0 Å². The average molecular weight is 363 g/mol. The number of rotatable bonds is 5. The minimum atomic E-state index is -3.97. The molecule has 0 radical (unpaired) electrons. The number of hydrogen-bond donors (Lipinski definition) is 1. The first-order valence-corrected chi connectivity index (χ1v) is 8.72. The summed E-state index contributed by atoms with van der Waals surface area (Å²) in [6.07, 6.45) is 0. The number of nitrogens with one attached hydrogen (secondary N) is 1. The van der Waals surface area contributed by atoms with Crippen LogP contribution in [0.15, 0.2) is 47.4 Å². The van der Waals surface area contributed by atoms with Crippen molar-refractivity contribution in [2.24, 2.45) is 0 Å². The number of nitro benzene ring substituents is 1. The lowest BCUT2D eigenvalue weighted by Crippen LogP contribution is -2.23. The van der Waals surface area contributed by atoms with Crippen molar-refractivity contribution in [1.29, 1.82) is 0 Å². The highest BCUT2D eigenvalue weighted by Crippen LogP contribution is 2.31. The van der Waals surface area contributed by atoms with Crippen LogP contribution in [0, 0.1) is 17.0 Å². The van der Waals surface area contributed by atoms with Gasteiger partial charge in [0, 0.05) is 20.0 Å². The second-order valence-electron chi connectivity index (χ2n) is 5.46. The summed E-state index contributed by atoms with van der Waals surface area (Å²) in [6.45, 7) is 3.14. The molecule has 0 aliphatic carbocycles. The van der Waals surface area contributed by atoms with Crippen LogP contribution in [0.4, 0.5) is 17.1 Å². The monoisotopic (exact) mass is 363 g/mol. The van der Waals surface area contributed by atoms with Crippen LogP contribution in [-0.4, -0.2) is 26.3 Å². The first-order valence-electron chi connectivity index (χ1n) is 7.24. The number of carbonyl (C=O) groups excluding carboxylic acids is 1. The maximum atomic E-state index is 12.4. The molecule has 0 bridgehead atoms. The number of benzene rings is 2. The number of nitrogens with zero attached hydrogens (tertiary/aromatic N) is 2. The van der Waals surface area contributed by atoms with Crippen LogP contribution in [0.25, 0.3) is 0 Å². The average Bonchev–Trinajstić information content (AvgIpc) is 2.54. The third-order valence-corrected chi connectivity index (χ3v) is 4.99. The van der Waals surface area contributed by atoms with Crippen molar-refractivity contribution in [1.82, 2.24) is 0 Å². The zero-order valence-corrected chi connectivity index (χ0v) is 14.7. The summed E-state index contributed by atoms with van der Waals surface area (Å²) in [5, 5.41) is 11.3. The number of aryl methyl sites for hydroxylation is 1. The predicted octanol–water partition coefficient (Wildman–Crippen LogP) is 2.69. The molecule has 2 aromatic rings. The SMILES string of the molecule is CC(=O)N(C)c1ccc(NS(=O)(=O)c2ccc(C)cc2)c([N+](=O)[O-])c1. The van der Waals surface area contributed by atoms with Gasteiger partial charge >= 0.3 is 0 Å². The molecule has 0 aromatic heterocycles. The standard InChI is InChI=1S/C16H17N3O5S/c1-11-4-7-14(8-5-11)25(23,24)17-15-9-6-13(18(3)12(2)20)10-16(15)19(21)22/h4-10,17H,1-3H3. The molecular weight excluding hydrogens is 346 g/mol. The van der Waals surface area contributed by atoms with E-state index >= 15 is 0 Å². The van der Waals surface area contributed by atoms with Crippen molar-refractivity contribution in [3.05, 3.63) is 58.1 Å². The lowest BCUT2D eigenvalue weighted by Gasteiger charge is -2.16. The Balaban J connectivity index is 2.43. The molecule has 0 unspecified atom stereocenters. The van der Waals surface area contributed by atoms with Crippen molar-refractivity contribution < 1.29 is 18.1 Å². The van der Waals surface area contributed by atoms with Crippen LogP contribution in [-0.2, 0) is 14.8 Å². The summed E-state index contributed by atoms with van der Waals surface area (Å²) < 4.78 is 27.1. The van der Waals surface area contributed by atoms with E-state index in [0.29, 0.717) is 0 Å². The van der Waals surface area contributed by atoms with Gasteiger partial charge < -0.3 is 4.90 Å². The van der Waals surface area contributed by atoms with Gasteiger partial charge in [-0.2, -0.15) is 0 Å². The first-order chi connectivity index (χ1) is 11.6. The van der Waals surface area contributed by atoms with E-state index in [4.69, 9.17) is 0 Å². The maximum absolute atomic E-state index is 12.4. The van der Waals surface area contributed by atoms with E-state index in [9.17, 15) is 23.3 Å². The molecule has 132 valence electrons. The molecule has 8 nitrogen and oxygen atoms in total. The molecule has 0 aliphatic rings. The third kappa shape index (κ3) is 4.13. The Morgan fingerprint density at radius 1 is 1.16 bits per heavy atom. The zero-order chi connectivity index (χ0) is 18.8. The molecule has 0 heterocycles. The molecule has 0 aliphatic heterocycles. The van der Waals surface area contributed by atoms with Gasteiger partial charge in [-0.25, -0.2) is 8.42 Å². The van der Waals surface area contributed by atoms with Crippen LogP contribution in [0.2, 0.25) is 0 Å². The summed E-state index contributed by atoms with van der Waals surface area (Å²) in [5.74, 6) is -0.303. The van der Waals surface area contributed by atoms with Gasteiger partial charge in [-0.3, -0.25) is 19.6 Å². The molecule has 9 heteroatoms. The summed E-state index contributed by atoms with van der Waals surface area (Å²) >= 11 is 0. The van der Waals surface area contributed by atoms with Gasteiger partial charge in [0.15, 0.2) is 0 Å². The highest BCUT2D eigenvalue weighted by atomic mass is 32.2. The number of nitro groups is 1. The molecule has 0 saturated heterocycles. The molecule has 1 amide bonds. The summed E-state index contributed by atoms with van der Waals surface area (Å²) in [6, 6.07) is 9.94. The number of hydrogen-bond acceptors (Lipinski definition) is 5. The number of amides is 1. The molecule has 0 saturated carbocycles. The second-order valence-corrected chi connectivity index (χ2v) is 7.14. The van der Waals surface area contributed by atoms with Gasteiger partial charge in [0.1, 0.15) is 5.69 Å². The van der Waals surface area contributed by atoms with Crippen LogP contribution in [0.3, 0.4) is 0 Å². The lowest BCUT2D eigenvalue weighted by atomic mass is 10.2. The Labute approximate surface area is 145 Å². The van der Waals surface area contributed by atoms with Crippen LogP contribution >= 0.6 is 0 Å². The molecule has 1 N–H and O–H groups in total. The summed E-state index contributed by atoms with van der Waals surface area (Å²) in [7, 11) is -2.50. The largest absolute Gasteiger partial charge is 0.315 e. The van der Waals surface area contributed by atoms with E-state index in [1.54, 1.807) is 12.1 Å². The molecule has 0 fully saturated rings. The van der Waals surface area contributed by atoms with Gasteiger partial charge in [-0.15, -0.1) is 0 Å². The maximum Gasteiger partial charge on any atom is 0.295 e. The number of carbonyl (C=O) groups is 1. The summed E-state index contributed by atoms with van der Waals surface area (Å²) in [4.78, 5) is 23.2. The van der Waals surface area contributed by atoms with Crippen LogP contribution < -0.4 is 9.62 Å². The summed E-state index contributed by atoms with van der Waals surface area (Å²) in [5.41, 5.74) is 0.562. The van der Waals surface area contributed by atoms with Gasteiger partial charge in [0.25, 0.3) is 15.7 Å². The molecular formula is C16H17N3O5S. The molecule has 25 heavy (non-hydrogen) atoms. The number of sulfonamides is 1. The lowest BCUT2D eigenvalue weighted by molar-refractivity contribution is -0.383. The van der Waals surface area contributed by atoms with Gasteiger partial charge in [-0.05, 0) is 31.2 Å². The second kappa shape index (κ2) is 6.89. The zero-order valence-electron chi connectivity index (χ0n) is 13.9. The third-order valence-electron chi connectivity index (χ3n) is 3.61. The predicted molar refractivity (Wildman–Crippen MR) is 94.2 cm³/mol. The van der Waals surface area contributed by atoms with E-state index in [0.717, 1.165) is 11.6 Å². The fraction of sp³-hybridized carbons (Fsp3) is 0.188. The van der Waals surface area contributed by atoms with Gasteiger partial charge in [0.2, 0.25) is 5.91 Å². The topological polar surface area (TPSA) is 110 Å². The van der Waals surface area contributed by atoms with Crippen molar-refractivity contribution in [3.63, 3.8) is 0 Å². The smallest absolute Gasteiger partial charge is 0.295 e. The quantitative estimate of drug-likeness (QED) is 0.649. The fourth-order valence-electron chi connectivity index (χ4n) is 2.07. The molecule has 0 spiro atoms. The van der Waals surface area contributed by atoms with Gasteiger partial charge in [0.05, 0.1) is 15.5 Å². The Hall–Kier alpha value is -2.94. The Bertz CT molecular complexity index is 923. The Morgan fingerprint density at radius 3 is 2.28 bits per heavy atom. The Morgan fingerprint density at radius 2 is 1.76 bits per heavy atom. The van der Waals surface area contributed by atoms with E-state index in [2.05, 4.69) is 4.72 Å². The first kappa shape index (κ1) is 18.4. The minimum Gasteiger partial charge on any atom is -0.315 e. The number of anilines is 2. The molecule has 0 atom stereocenters. The van der Waals surface area contributed by atoms with E-state index in [-0.39, 0.29) is 22.2 Å². The van der Waals surface area contributed by atoms with Crippen LogP contribution in [0.1, 0.15) is 12.5 Å². The van der Waals surface area contributed by atoms with E-state index in [1.165, 1.54) is 43.1 Å². The van der Waals surface area contributed by atoms with Gasteiger partial charge in [-0.1, -0.05) is 17.7 Å².